The van der Waals surface area contributed by atoms with Crippen LogP contribution in [0.25, 0.3) is 6.08 Å². The Morgan fingerprint density at radius 3 is 2.19 bits per heavy atom. The van der Waals surface area contributed by atoms with Gasteiger partial charge in [0.25, 0.3) is 0 Å². The van der Waals surface area contributed by atoms with Gasteiger partial charge >= 0.3 is 12.1 Å². The van der Waals surface area contributed by atoms with Gasteiger partial charge in [0.05, 0.1) is 20.8 Å². The number of carbonyl (C=O) groups is 2. The van der Waals surface area contributed by atoms with E-state index in [1.165, 1.54) is 4.90 Å². The summed E-state index contributed by atoms with van der Waals surface area (Å²) in [5, 5.41) is 5.58. The Balaban J connectivity index is 1.66. The third-order valence-corrected chi connectivity index (χ3v) is 4.42. The van der Waals surface area contributed by atoms with E-state index < -0.39 is 17.7 Å². The van der Waals surface area contributed by atoms with Gasteiger partial charge in [-0.25, -0.2) is 9.59 Å². The van der Waals surface area contributed by atoms with Gasteiger partial charge in [-0.1, -0.05) is 6.07 Å². The molecule has 3 rings (SSSR count). The maximum atomic E-state index is 12.4. The van der Waals surface area contributed by atoms with Crippen molar-refractivity contribution in [1.29, 1.82) is 0 Å². The van der Waals surface area contributed by atoms with Gasteiger partial charge in [0.15, 0.2) is 0 Å². The van der Waals surface area contributed by atoms with Gasteiger partial charge in [-0.15, -0.1) is 0 Å². The zero-order valence-electron chi connectivity index (χ0n) is 18.3. The summed E-state index contributed by atoms with van der Waals surface area (Å²) in [6, 6.07) is 10.2. The second-order valence-electron chi connectivity index (χ2n) is 8.02. The fourth-order valence-corrected chi connectivity index (χ4v) is 3.00. The number of carbonyl (C=O) groups excluding carboxylic acids is 2. The summed E-state index contributed by atoms with van der Waals surface area (Å²) in [6.07, 6.45) is 3.10. The standard InChI is InChI=1S/C23H27N3O5/c1-23(2,3)31-22(28)26-9-8-15-10-17(7-6-16(15)14-26)24-21(27)25-18-11-19(29-4)13-20(12-18)30-5/h6-13H,14H2,1-5H3,(H2,24,25,27). The number of anilines is 2. The van der Waals surface area contributed by atoms with Crippen LogP contribution in [0.15, 0.2) is 42.6 Å². The lowest BCUT2D eigenvalue weighted by atomic mass is 10.0. The highest BCUT2D eigenvalue weighted by atomic mass is 16.6. The van der Waals surface area contributed by atoms with Crippen LogP contribution in [0.4, 0.5) is 21.0 Å². The van der Waals surface area contributed by atoms with Crippen LogP contribution in [0.5, 0.6) is 11.5 Å². The molecule has 8 nitrogen and oxygen atoms in total. The van der Waals surface area contributed by atoms with E-state index in [1.807, 2.05) is 39.0 Å². The molecule has 1 heterocycles. The molecule has 1 aliphatic heterocycles. The van der Waals surface area contributed by atoms with E-state index in [1.54, 1.807) is 44.7 Å². The van der Waals surface area contributed by atoms with Crippen molar-refractivity contribution >= 4 is 29.6 Å². The van der Waals surface area contributed by atoms with E-state index >= 15 is 0 Å². The first-order valence-corrected chi connectivity index (χ1v) is 9.78. The first kappa shape index (κ1) is 22.0. The summed E-state index contributed by atoms with van der Waals surface area (Å²) >= 11 is 0. The molecule has 0 radical (unpaired) electrons. The fourth-order valence-electron chi connectivity index (χ4n) is 3.00. The number of hydrogen-bond donors (Lipinski definition) is 2. The maximum absolute atomic E-state index is 12.4. The van der Waals surface area contributed by atoms with E-state index in [-0.39, 0.29) is 0 Å². The predicted octanol–water partition coefficient (Wildman–Crippen LogP) is 5.07. The molecule has 2 aromatic rings. The Labute approximate surface area is 181 Å². The van der Waals surface area contributed by atoms with Gasteiger partial charge in [-0.2, -0.15) is 0 Å². The average molecular weight is 425 g/mol. The van der Waals surface area contributed by atoms with Crippen LogP contribution in [-0.4, -0.2) is 36.8 Å². The Kier molecular flexibility index (Phi) is 6.39. The summed E-state index contributed by atoms with van der Waals surface area (Å²) in [7, 11) is 3.09. The molecule has 0 aromatic heterocycles. The first-order chi connectivity index (χ1) is 14.7. The largest absolute Gasteiger partial charge is 0.497 e. The highest BCUT2D eigenvalue weighted by Crippen LogP contribution is 2.27. The van der Waals surface area contributed by atoms with Crippen molar-refractivity contribution in [3.8, 4) is 11.5 Å². The molecule has 8 heteroatoms. The number of fused-ring (bicyclic) bond motifs is 1. The molecule has 2 aromatic carbocycles. The molecule has 0 aliphatic carbocycles. The molecule has 1 aliphatic rings. The van der Waals surface area contributed by atoms with Crippen LogP contribution in [0.3, 0.4) is 0 Å². The zero-order valence-corrected chi connectivity index (χ0v) is 18.3. The van der Waals surface area contributed by atoms with Crippen molar-refractivity contribution < 1.29 is 23.8 Å². The van der Waals surface area contributed by atoms with Crippen molar-refractivity contribution in [2.75, 3.05) is 24.9 Å². The Morgan fingerprint density at radius 2 is 1.58 bits per heavy atom. The molecule has 0 saturated heterocycles. The lowest BCUT2D eigenvalue weighted by molar-refractivity contribution is 0.0322. The minimum Gasteiger partial charge on any atom is -0.497 e. The quantitative estimate of drug-likeness (QED) is 0.714. The number of hydrogen-bond acceptors (Lipinski definition) is 5. The van der Waals surface area contributed by atoms with Crippen LogP contribution >= 0.6 is 0 Å². The van der Waals surface area contributed by atoms with Gasteiger partial charge in [0.1, 0.15) is 17.1 Å². The number of methoxy groups -OCH3 is 2. The molecular formula is C23H27N3O5. The molecule has 31 heavy (non-hydrogen) atoms. The summed E-state index contributed by atoms with van der Waals surface area (Å²) in [6.45, 7) is 5.89. The van der Waals surface area contributed by atoms with Crippen molar-refractivity contribution in [1.82, 2.24) is 4.90 Å². The molecule has 0 atom stereocenters. The van der Waals surface area contributed by atoms with Crippen LogP contribution in [0.1, 0.15) is 31.9 Å². The smallest absolute Gasteiger partial charge is 0.414 e. The Morgan fingerprint density at radius 1 is 0.935 bits per heavy atom. The van der Waals surface area contributed by atoms with E-state index in [2.05, 4.69) is 10.6 Å². The van der Waals surface area contributed by atoms with Gasteiger partial charge in [0, 0.05) is 35.8 Å². The van der Waals surface area contributed by atoms with E-state index in [4.69, 9.17) is 14.2 Å². The molecular weight excluding hydrogens is 398 g/mol. The van der Waals surface area contributed by atoms with E-state index in [0.29, 0.717) is 29.4 Å². The number of ether oxygens (including phenoxy) is 3. The lowest BCUT2D eigenvalue weighted by Crippen LogP contribution is -2.34. The van der Waals surface area contributed by atoms with Gasteiger partial charge in [-0.3, -0.25) is 4.90 Å². The van der Waals surface area contributed by atoms with Crippen LogP contribution in [0, 0.1) is 0 Å². The van der Waals surface area contributed by atoms with E-state index in [9.17, 15) is 9.59 Å². The van der Waals surface area contributed by atoms with Gasteiger partial charge in [0.2, 0.25) is 0 Å². The predicted molar refractivity (Wildman–Crippen MR) is 119 cm³/mol. The summed E-state index contributed by atoms with van der Waals surface area (Å²) in [5.74, 6) is 1.14. The second kappa shape index (κ2) is 8.99. The van der Waals surface area contributed by atoms with Crippen molar-refractivity contribution in [3.05, 3.63) is 53.7 Å². The number of rotatable bonds is 4. The third-order valence-electron chi connectivity index (χ3n) is 4.42. The zero-order chi connectivity index (χ0) is 22.6. The van der Waals surface area contributed by atoms with Gasteiger partial charge < -0.3 is 24.8 Å². The Bertz CT molecular complexity index is 989. The molecule has 2 N–H and O–H groups in total. The van der Waals surface area contributed by atoms with Crippen molar-refractivity contribution in [2.24, 2.45) is 0 Å². The van der Waals surface area contributed by atoms with Crippen LogP contribution in [0.2, 0.25) is 0 Å². The van der Waals surface area contributed by atoms with Crippen LogP contribution < -0.4 is 20.1 Å². The summed E-state index contributed by atoms with van der Waals surface area (Å²) < 4.78 is 15.8. The minimum absolute atomic E-state index is 0.398. The highest BCUT2D eigenvalue weighted by molar-refractivity contribution is 6.00. The monoisotopic (exact) mass is 425 g/mol. The highest BCUT2D eigenvalue weighted by Gasteiger charge is 2.23. The topological polar surface area (TPSA) is 89.1 Å². The third kappa shape index (κ3) is 5.91. The molecule has 0 unspecified atom stereocenters. The second-order valence-corrected chi connectivity index (χ2v) is 8.02. The normalized spacial score (nSPS) is 12.6. The van der Waals surface area contributed by atoms with Gasteiger partial charge in [-0.05, 0) is 50.1 Å². The number of urea groups is 1. The summed E-state index contributed by atoms with van der Waals surface area (Å²) in [4.78, 5) is 26.2. The van der Waals surface area contributed by atoms with Crippen LogP contribution in [-0.2, 0) is 11.3 Å². The number of benzene rings is 2. The fraction of sp³-hybridized carbons (Fsp3) is 0.304. The first-order valence-electron chi connectivity index (χ1n) is 9.78. The number of amides is 3. The number of nitrogens with one attached hydrogen (secondary N) is 2. The molecule has 164 valence electrons. The number of nitrogens with zero attached hydrogens (tertiary/aromatic N) is 1. The average Bonchev–Trinajstić information content (AvgIpc) is 2.71. The summed E-state index contributed by atoms with van der Waals surface area (Å²) in [5.41, 5.74) is 2.48. The van der Waals surface area contributed by atoms with Crippen molar-refractivity contribution in [3.63, 3.8) is 0 Å². The Hall–Kier alpha value is -3.68. The molecule has 0 bridgehead atoms. The maximum Gasteiger partial charge on any atom is 0.414 e. The van der Waals surface area contributed by atoms with E-state index in [0.717, 1.165) is 11.1 Å². The minimum atomic E-state index is -0.556. The molecule has 3 amide bonds. The lowest BCUT2D eigenvalue weighted by Gasteiger charge is -2.27. The molecule has 0 saturated carbocycles. The SMILES string of the molecule is COc1cc(NC(=O)Nc2ccc3c(c2)C=CN(C(=O)OC(C)(C)C)C3)cc(OC)c1. The molecule has 0 spiro atoms. The van der Waals surface area contributed by atoms with Crippen molar-refractivity contribution in [2.45, 2.75) is 32.9 Å². The molecule has 0 fully saturated rings.